The summed E-state index contributed by atoms with van der Waals surface area (Å²) in [5.74, 6) is 0. The molecule has 2 nitrogen and oxygen atoms in total. The van der Waals surface area contributed by atoms with E-state index in [1.54, 1.807) is 24.4 Å². The van der Waals surface area contributed by atoms with Crippen molar-refractivity contribution in [3.05, 3.63) is 63.1 Å². The van der Waals surface area contributed by atoms with Crippen LogP contribution >= 0.6 is 34.8 Å². The highest BCUT2D eigenvalue weighted by atomic mass is 35.5. The molecular weight excluding hydrogens is 291 g/mol. The number of nitrogens with one attached hydrogen (secondary N) is 1. The molecular formula is C13H9Cl3N2. The molecule has 0 atom stereocenters. The highest BCUT2D eigenvalue weighted by molar-refractivity contribution is 6.42. The maximum absolute atomic E-state index is 5.89. The van der Waals surface area contributed by atoms with E-state index in [1.807, 2.05) is 24.3 Å². The van der Waals surface area contributed by atoms with Crippen molar-refractivity contribution in [3.63, 3.8) is 0 Å². The van der Waals surface area contributed by atoms with Crippen molar-refractivity contribution in [3.8, 4) is 0 Å². The number of hydrogen-bond acceptors (Lipinski definition) is 2. The monoisotopic (exact) mass is 298 g/mol. The van der Waals surface area contributed by atoms with Crippen molar-refractivity contribution in [1.29, 1.82) is 0 Å². The summed E-state index contributed by atoms with van der Waals surface area (Å²) in [7, 11) is 0. The second kappa shape index (κ2) is 6.10. The van der Waals surface area contributed by atoms with Crippen LogP contribution in [0, 0.1) is 0 Å². The number of anilines is 1. The fourth-order valence-electron chi connectivity index (χ4n) is 1.30. The van der Waals surface area contributed by atoms with Crippen LogP contribution in [-0.2, 0) is 0 Å². The van der Waals surface area contributed by atoms with Gasteiger partial charge in [-0.3, -0.25) is 5.43 Å². The summed E-state index contributed by atoms with van der Waals surface area (Å²) in [6, 6.07) is 12.6. The first kappa shape index (κ1) is 13.2. The molecule has 0 unspecified atom stereocenters. The molecule has 0 amide bonds. The van der Waals surface area contributed by atoms with Crippen molar-refractivity contribution in [2.45, 2.75) is 0 Å². The molecule has 0 aromatic heterocycles. The van der Waals surface area contributed by atoms with E-state index in [0.717, 1.165) is 11.3 Å². The van der Waals surface area contributed by atoms with Gasteiger partial charge in [-0.2, -0.15) is 5.10 Å². The summed E-state index contributed by atoms with van der Waals surface area (Å²) in [5, 5.41) is 5.80. The fraction of sp³-hybridized carbons (Fsp3) is 0. The molecule has 18 heavy (non-hydrogen) atoms. The van der Waals surface area contributed by atoms with Crippen LogP contribution in [0.25, 0.3) is 0 Å². The Morgan fingerprint density at radius 3 is 2.28 bits per heavy atom. The summed E-state index contributed by atoms with van der Waals surface area (Å²) in [6.07, 6.45) is 1.69. The molecule has 0 aliphatic carbocycles. The van der Waals surface area contributed by atoms with E-state index < -0.39 is 0 Å². The van der Waals surface area contributed by atoms with Gasteiger partial charge in [0.2, 0.25) is 0 Å². The summed E-state index contributed by atoms with van der Waals surface area (Å²) < 4.78 is 0. The molecule has 2 aromatic rings. The quantitative estimate of drug-likeness (QED) is 0.619. The summed E-state index contributed by atoms with van der Waals surface area (Å²) in [6.45, 7) is 0. The molecule has 0 aliphatic rings. The average molecular weight is 300 g/mol. The average Bonchev–Trinajstić information content (AvgIpc) is 2.36. The number of hydrazone groups is 1. The Bertz CT molecular complexity index is 565. The topological polar surface area (TPSA) is 24.4 Å². The molecule has 0 saturated heterocycles. The molecule has 0 heterocycles. The molecule has 0 aliphatic heterocycles. The molecule has 1 N–H and O–H groups in total. The largest absolute Gasteiger partial charge is 0.278 e. The van der Waals surface area contributed by atoms with Crippen LogP contribution in [0.2, 0.25) is 15.1 Å². The van der Waals surface area contributed by atoms with Crippen molar-refractivity contribution in [2.75, 3.05) is 5.43 Å². The zero-order chi connectivity index (χ0) is 13.0. The number of nitrogens with zero attached hydrogens (tertiary/aromatic N) is 1. The summed E-state index contributed by atoms with van der Waals surface area (Å²) in [5.41, 5.74) is 4.59. The highest BCUT2D eigenvalue weighted by Crippen LogP contribution is 2.24. The second-order valence-electron chi connectivity index (χ2n) is 3.55. The van der Waals surface area contributed by atoms with Crippen LogP contribution in [0.4, 0.5) is 5.69 Å². The maximum atomic E-state index is 5.89. The number of halogens is 3. The van der Waals surface area contributed by atoms with Crippen LogP contribution in [-0.4, -0.2) is 6.21 Å². The summed E-state index contributed by atoms with van der Waals surface area (Å²) in [4.78, 5) is 0. The molecule has 2 rings (SSSR count). The Labute approximate surface area is 120 Å². The van der Waals surface area contributed by atoms with Crippen LogP contribution in [0.5, 0.6) is 0 Å². The smallest absolute Gasteiger partial charge is 0.0613 e. The van der Waals surface area contributed by atoms with Gasteiger partial charge >= 0.3 is 0 Å². The number of rotatable bonds is 3. The van der Waals surface area contributed by atoms with Gasteiger partial charge in [0, 0.05) is 5.02 Å². The molecule has 0 radical (unpaired) electrons. The first-order valence-corrected chi connectivity index (χ1v) is 6.28. The molecule has 92 valence electrons. The highest BCUT2D eigenvalue weighted by Gasteiger charge is 1.97. The fourth-order valence-corrected chi connectivity index (χ4v) is 1.72. The van der Waals surface area contributed by atoms with Crippen LogP contribution in [0.1, 0.15) is 5.56 Å². The lowest BCUT2D eigenvalue weighted by molar-refractivity contribution is 1.35. The minimum Gasteiger partial charge on any atom is -0.278 e. The summed E-state index contributed by atoms with van der Waals surface area (Å²) >= 11 is 17.5. The first-order chi connectivity index (χ1) is 8.65. The number of benzene rings is 2. The minimum atomic E-state index is 0.489. The molecule has 0 bridgehead atoms. The van der Waals surface area contributed by atoms with Gasteiger partial charge < -0.3 is 0 Å². The van der Waals surface area contributed by atoms with Gasteiger partial charge in [0.1, 0.15) is 0 Å². The van der Waals surface area contributed by atoms with E-state index in [4.69, 9.17) is 34.8 Å². The van der Waals surface area contributed by atoms with E-state index in [9.17, 15) is 0 Å². The zero-order valence-electron chi connectivity index (χ0n) is 9.20. The Hall–Kier alpha value is -1.22. The lowest BCUT2D eigenvalue weighted by Crippen LogP contribution is -1.90. The third-order valence-corrected chi connectivity index (χ3v) is 3.19. The SMILES string of the molecule is Clc1ccc(/C=N\Nc2ccc(Cl)c(Cl)c2)cc1. The van der Waals surface area contributed by atoms with Gasteiger partial charge in [-0.1, -0.05) is 46.9 Å². The molecule has 2 aromatic carbocycles. The normalized spacial score (nSPS) is 10.8. The van der Waals surface area contributed by atoms with E-state index in [2.05, 4.69) is 10.5 Å². The van der Waals surface area contributed by atoms with E-state index >= 15 is 0 Å². The Balaban J connectivity index is 2.02. The molecule has 0 spiro atoms. The van der Waals surface area contributed by atoms with Gasteiger partial charge in [-0.15, -0.1) is 0 Å². The van der Waals surface area contributed by atoms with E-state index in [0.29, 0.717) is 15.1 Å². The molecule has 0 fully saturated rings. The van der Waals surface area contributed by atoms with Gasteiger partial charge in [0.15, 0.2) is 0 Å². The third kappa shape index (κ3) is 3.64. The van der Waals surface area contributed by atoms with Crippen molar-refractivity contribution >= 4 is 46.7 Å². The van der Waals surface area contributed by atoms with Crippen molar-refractivity contribution < 1.29 is 0 Å². The lowest BCUT2D eigenvalue weighted by atomic mass is 10.2. The van der Waals surface area contributed by atoms with Crippen LogP contribution in [0.15, 0.2) is 47.6 Å². The molecule has 5 heteroatoms. The zero-order valence-corrected chi connectivity index (χ0v) is 11.5. The minimum absolute atomic E-state index is 0.489. The van der Waals surface area contributed by atoms with Gasteiger partial charge in [-0.25, -0.2) is 0 Å². The Kier molecular flexibility index (Phi) is 4.48. The van der Waals surface area contributed by atoms with Gasteiger partial charge in [0.25, 0.3) is 0 Å². The standard InChI is InChI=1S/C13H9Cl3N2/c14-10-3-1-9(2-4-10)8-17-18-11-5-6-12(15)13(16)7-11/h1-8,18H/b17-8-. The van der Waals surface area contributed by atoms with E-state index in [-0.39, 0.29) is 0 Å². The number of hydrogen-bond donors (Lipinski definition) is 1. The second-order valence-corrected chi connectivity index (χ2v) is 4.80. The third-order valence-electron chi connectivity index (χ3n) is 2.20. The van der Waals surface area contributed by atoms with Gasteiger partial charge in [0.05, 0.1) is 21.9 Å². The van der Waals surface area contributed by atoms with Crippen molar-refractivity contribution in [2.24, 2.45) is 5.10 Å². The van der Waals surface area contributed by atoms with Crippen LogP contribution < -0.4 is 5.43 Å². The Morgan fingerprint density at radius 2 is 1.61 bits per heavy atom. The predicted molar refractivity (Wildman–Crippen MR) is 79.1 cm³/mol. The van der Waals surface area contributed by atoms with Gasteiger partial charge in [-0.05, 0) is 35.9 Å². The van der Waals surface area contributed by atoms with Crippen molar-refractivity contribution in [1.82, 2.24) is 0 Å². The lowest BCUT2D eigenvalue weighted by Gasteiger charge is -2.01. The van der Waals surface area contributed by atoms with E-state index in [1.165, 1.54) is 0 Å². The Morgan fingerprint density at radius 1 is 0.889 bits per heavy atom. The first-order valence-electron chi connectivity index (χ1n) is 5.15. The molecule has 0 saturated carbocycles. The maximum Gasteiger partial charge on any atom is 0.0613 e. The predicted octanol–water partition coefficient (Wildman–Crippen LogP) is 5.09. The van der Waals surface area contributed by atoms with Crippen LogP contribution in [0.3, 0.4) is 0 Å².